The molecule has 2 rings (SSSR count). The Morgan fingerprint density at radius 2 is 1.71 bits per heavy atom. The molecule has 1 aromatic rings. The van der Waals surface area contributed by atoms with Gasteiger partial charge < -0.3 is 9.47 Å². The highest BCUT2D eigenvalue weighted by Crippen LogP contribution is 2.42. The molecule has 0 unspecified atom stereocenters. The topological polar surface area (TPSA) is 18.5 Å². The standard InChI is InChI=1S/C19H19ClF6O2/c1-2-3-12-4-6-13(7-5-12)19(25,26)28-14-10-15(20)17(16(21)11-14)27-9-8-18(22,23)24/h2-3,8-13H,4-7H2,1H3. The molecule has 0 saturated heterocycles. The van der Waals surface area contributed by atoms with Crippen molar-refractivity contribution in [2.45, 2.75) is 44.9 Å². The molecule has 1 fully saturated rings. The molecular weight excluding hydrogens is 410 g/mol. The molecule has 0 amide bonds. The van der Waals surface area contributed by atoms with E-state index in [2.05, 4.69) is 9.47 Å². The van der Waals surface area contributed by atoms with Gasteiger partial charge in [-0.3, -0.25) is 0 Å². The summed E-state index contributed by atoms with van der Waals surface area (Å²) in [7, 11) is 0. The molecule has 1 saturated carbocycles. The van der Waals surface area contributed by atoms with Crippen LogP contribution in [0.15, 0.2) is 36.6 Å². The second-order valence-corrected chi connectivity index (χ2v) is 6.89. The van der Waals surface area contributed by atoms with Gasteiger partial charge in [0.05, 0.1) is 23.3 Å². The Morgan fingerprint density at radius 1 is 1.07 bits per heavy atom. The first-order valence-electron chi connectivity index (χ1n) is 8.61. The number of rotatable bonds is 6. The summed E-state index contributed by atoms with van der Waals surface area (Å²) >= 11 is 5.74. The summed E-state index contributed by atoms with van der Waals surface area (Å²) in [5, 5.41) is -0.491. The Bertz CT molecular complexity index is 699. The number of hydrogen-bond acceptors (Lipinski definition) is 2. The Morgan fingerprint density at radius 3 is 2.25 bits per heavy atom. The second kappa shape index (κ2) is 9.11. The van der Waals surface area contributed by atoms with Crippen molar-refractivity contribution in [2.75, 3.05) is 0 Å². The average molecular weight is 429 g/mol. The van der Waals surface area contributed by atoms with Gasteiger partial charge in [-0.25, -0.2) is 4.39 Å². The Hall–Kier alpha value is -1.83. The zero-order valence-electron chi connectivity index (χ0n) is 14.9. The van der Waals surface area contributed by atoms with Crippen molar-refractivity contribution in [3.8, 4) is 11.5 Å². The summed E-state index contributed by atoms with van der Waals surface area (Å²) in [6.07, 6.45) is -2.66. The molecule has 0 aliphatic heterocycles. The van der Waals surface area contributed by atoms with Crippen LogP contribution in [0.1, 0.15) is 32.6 Å². The summed E-state index contributed by atoms with van der Waals surface area (Å²) in [6.45, 7) is 1.87. The van der Waals surface area contributed by atoms with E-state index in [4.69, 9.17) is 11.6 Å². The minimum atomic E-state index is -4.65. The summed E-state index contributed by atoms with van der Waals surface area (Å²) < 4.78 is 88.3. The number of allylic oxidation sites excluding steroid dienone is 3. The fourth-order valence-corrected chi connectivity index (χ4v) is 3.29. The average Bonchev–Trinajstić information content (AvgIpc) is 2.57. The minimum Gasteiger partial charge on any atom is -0.460 e. The molecule has 28 heavy (non-hydrogen) atoms. The van der Waals surface area contributed by atoms with E-state index in [9.17, 15) is 26.3 Å². The van der Waals surface area contributed by atoms with Crippen molar-refractivity contribution in [3.05, 3.63) is 47.5 Å². The fraction of sp³-hybridized carbons (Fsp3) is 0.474. The zero-order valence-corrected chi connectivity index (χ0v) is 15.7. The molecule has 1 aliphatic rings. The summed E-state index contributed by atoms with van der Waals surface area (Å²) in [5.74, 6) is -3.24. The minimum absolute atomic E-state index is 0.211. The van der Waals surface area contributed by atoms with Gasteiger partial charge in [0, 0.05) is 12.1 Å². The van der Waals surface area contributed by atoms with Gasteiger partial charge >= 0.3 is 12.3 Å². The molecule has 0 spiro atoms. The molecule has 1 aromatic carbocycles. The Kier molecular flexibility index (Phi) is 7.31. The van der Waals surface area contributed by atoms with Gasteiger partial charge in [0.25, 0.3) is 0 Å². The maximum Gasteiger partial charge on any atom is 0.412 e. The van der Waals surface area contributed by atoms with E-state index in [1.165, 1.54) is 0 Å². The maximum atomic E-state index is 14.4. The van der Waals surface area contributed by atoms with Crippen molar-refractivity contribution < 1.29 is 35.8 Å². The second-order valence-electron chi connectivity index (χ2n) is 6.48. The first-order chi connectivity index (χ1) is 13.0. The smallest absolute Gasteiger partial charge is 0.412 e. The molecule has 1 aliphatic carbocycles. The highest BCUT2D eigenvalue weighted by atomic mass is 35.5. The summed E-state index contributed by atoms with van der Waals surface area (Å²) in [6, 6.07) is 1.47. The van der Waals surface area contributed by atoms with Crippen LogP contribution < -0.4 is 9.47 Å². The summed E-state index contributed by atoms with van der Waals surface area (Å²) in [5.41, 5.74) is 0. The third-order valence-electron chi connectivity index (χ3n) is 4.38. The lowest BCUT2D eigenvalue weighted by Crippen LogP contribution is -2.37. The molecule has 0 aromatic heterocycles. The van der Waals surface area contributed by atoms with Gasteiger partial charge in [-0.15, -0.1) is 0 Å². The van der Waals surface area contributed by atoms with Crippen LogP contribution in [0.4, 0.5) is 26.3 Å². The predicted octanol–water partition coefficient (Wildman–Crippen LogP) is 7.29. The normalized spacial score (nSPS) is 21.4. The van der Waals surface area contributed by atoms with Crippen LogP contribution in [0.25, 0.3) is 0 Å². The third-order valence-corrected chi connectivity index (χ3v) is 4.66. The lowest BCUT2D eigenvalue weighted by molar-refractivity contribution is -0.223. The molecule has 0 N–H and O–H groups in total. The molecule has 0 atom stereocenters. The Labute approximate surface area is 163 Å². The van der Waals surface area contributed by atoms with Gasteiger partial charge in [0.2, 0.25) is 0 Å². The van der Waals surface area contributed by atoms with Crippen LogP contribution in [0.5, 0.6) is 11.5 Å². The highest BCUT2D eigenvalue weighted by Gasteiger charge is 2.44. The van der Waals surface area contributed by atoms with Crippen molar-refractivity contribution in [3.63, 3.8) is 0 Å². The summed E-state index contributed by atoms with van der Waals surface area (Å²) in [4.78, 5) is 0. The highest BCUT2D eigenvalue weighted by molar-refractivity contribution is 6.32. The van der Waals surface area contributed by atoms with E-state index in [0.29, 0.717) is 18.9 Å². The molecule has 0 radical (unpaired) electrons. The lowest BCUT2D eigenvalue weighted by Gasteiger charge is -2.32. The largest absolute Gasteiger partial charge is 0.460 e. The number of halogens is 7. The van der Waals surface area contributed by atoms with Gasteiger partial charge in [-0.2, -0.15) is 22.0 Å². The van der Waals surface area contributed by atoms with Crippen molar-refractivity contribution in [1.29, 1.82) is 0 Å². The van der Waals surface area contributed by atoms with Gasteiger partial charge in [0.15, 0.2) is 11.6 Å². The van der Waals surface area contributed by atoms with E-state index in [1.54, 1.807) is 0 Å². The molecule has 9 heteroatoms. The maximum absolute atomic E-state index is 14.4. The number of ether oxygens (including phenoxy) is 2. The molecular formula is C19H19ClF6O2. The van der Waals surface area contributed by atoms with E-state index in [1.807, 2.05) is 19.1 Å². The fourth-order valence-electron chi connectivity index (χ4n) is 3.05. The Balaban J connectivity index is 2.06. The molecule has 2 nitrogen and oxygen atoms in total. The van der Waals surface area contributed by atoms with E-state index >= 15 is 0 Å². The van der Waals surface area contributed by atoms with Crippen molar-refractivity contribution in [1.82, 2.24) is 0 Å². The SMILES string of the molecule is CC=CC1CCC(C(F)(F)Oc2cc(F)c(OC=CC(F)(F)F)c(Cl)c2)CC1. The zero-order chi connectivity index (χ0) is 20.9. The number of alkyl halides is 5. The van der Waals surface area contributed by atoms with Crippen molar-refractivity contribution >= 4 is 11.6 Å². The van der Waals surface area contributed by atoms with E-state index < -0.39 is 40.5 Å². The van der Waals surface area contributed by atoms with Crippen LogP contribution in [0, 0.1) is 17.7 Å². The van der Waals surface area contributed by atoms with Crippen LogP contribution in [-0.2, 0) is 0 Å². The van der Waals surface area contributed by atoms with E-state index in [-0.39, 0.29) is 31.1 Å². The third kappa shape index (κ3) is 6.36. The van der Waals surface area contributed by atoms with Crippen LogP contribution in [0.3, 0.4) is 0 Å². The molecule has 0 heterocycles. The number of hydrogen-bond donors (Lipinski definition) is 0. The lowest BCUT2D eigenvalue weighted by atomic mass is 9.81. The first-order valence-corrected chi connectivity index (χ1v) is 8.99. The molecule has 0 bridgehead atoms. The van der Waals surface area contributed by atoms with Crippen LogP contribution in [0.2, 0.25) is 5.02 Å². The van der Waals surface area contributed by atoms with Crippen LogP contribution >= 0.6 is 11.6 Å². The van der Waals surface area contributed by atoms with Gasteiger partial charge in [-0.1, -0.05) is 23.8 Å². The van der Waals surface area contributed by atoms with Crippen LogP contribution in [-0.4, -0.2) is 12.3 Å². The number of benzene rings is 1. The first kappa shape index (κ1) is 22.5. The predicted molar refractivity (Wildman–Crippen MR) is 93.1 cm³/mol. The molecule has 156 valence electrons. The quantitative estimate of drug-likeness (QED) is 0.269. The van der Waals surface area contributed by atoms with Gasteiger partial charge in [0.1, 0.15) is 5.75 Å². The van der Waals surface area contributed by atoms with E-state index in [0.717, 1.165) is 6.07 Å². The van der Waals surface area contributed by atoms with Gasteiger partial charge in [-0.05, 0) is 38.5 Å². The van der Waals surface area contributed by atoms with Crippen molar-refractivity contribution in [2.24, 2.45) is 11.8 Å². The monoisotopic (exact) mass is 428 g/mol.